The predicted molar refractivity (Wildman–Crippen MR) is 150 cm³/mol. The number of hydrogen-bond donors (Lipinski definition) is 1. The third-order valence-electron chi connectivity index (χ3n) is 8.56. The number of nitrogens with zero attached hydrogens (tertiary/aromatic N) is 2. The summed E-state index contributed by atoms with van der Waals surface area (Å²) in [4.78, 5) is 9.56. The number of hydrogen-bond acceptors (Lipinski definition) is 3. The van der Waals surface area contributed by atoms with Crippen LogP contribution in [0, 0.1) is 24.5 Å². The van der Waals surface area contributed by atoms with Crippen LogP contribution in [0.15, 0.2) is 48.8 Å². The number of methoxy groups -OCH3 is 1. The summed E-state index contributed by atoms with van der Waals surface area (Å²) in [6, 6.07) is 11.7. The highest BCUT2D eigenvalue weighted by molar-refractivity contribution is 5.52. The SMILES string of the molecule is COc1ccc(C2CCCC(Cc3c(F)cc(N4CCCC4C/C=C\c4nc[nH]c4C)cc3F)CC2)cc1. The maximum Gasteiger partial charge on any atom is 0.131 e. The molecule has 38 heavy (non-hydrogen) atoms. The van der Waals surface area contributed by atoms with Crippen LogP contribution >= 0.6 is 0 Å². The molecule has 5 rings (SSSR count). The number of benzene rings is 2. The Morgan fingerprint density at radius 3 is 2.53 bits per heavy atom. The zero-order valence-electron chi connectivity index (χ0n) is 22.6. The molecule has 0 bridgehead atoms. The summed E-state index contributed by atoms with van der Waals surface area (Å²) >= 11 is 0. The van der Waals surface area contributed by atoms with Crippen LogP contribution < -0.4 is 9.64 Å². The highest BCUT2D eigenvalue weighted by Gasteiger charge is 2.27. The molecule has 4 nitrogen and oxygen atoms in total. The van der Waals surface area contributed by atoms with E-state index in [9.17, 15) is 0 Å². The van der Waals surface area contributed by atoms with Crippen LogP contribution in [0.5, 0.6) is 5.75 Å². The molecular weight excluding hydrogens is 480 g/mol. The van der Waals surface area contributed by atoms with Gasteiger partial charge in [0.05, 0.1) is 19.1 Å². The van der Waals surface area contributed by atoms with Crippen molar-refractivity contribution in [3.8, 4) is 5.75 Å². The van der Waals surface area contributed by atoms with Crippen molar-refractivity contribution in [1.29, 1.82) is 0 Å². The van der Waals surface area contributed by atoms with Crippen molar-refractivity contribution in [3.63, 3.8) is 0 Å². The van der Waals surface area contributed by atoms with E-state index in [1.807, 2.05) is 25.1 Å². The lowest BCUT2D eigenvalue weighted by Crippen LogP contribution is -2.29. The maximum atomic E-state index is 15.3. The summed E-state index contributed by atoms with van der Waals surface area (Å²) in [5.74, 6) is 0.883. The summed E-state index contributed by atoms with van der Waals surface area (Å²) in [5, 5.41) is 0. The molecule has 3 aromatic rings. The van der Waals surface area contributed by atoms with Crippen LogP contribution in [0.3, 0.4) is 0 Å². The highest BCUT2D eigenvalue weighted by atomic mass is 19.1. The van der Waals surface area contributed by atoms with Gasteiger partial charge >= 0.3 is 0 Å². The Balaban J connectivity index is 1.21. The van der Waals surface area contributed by atoms with Crippen molar-refractivity contribution >= 4 is 11.8 Å². The van der Waals surface area contributed by atoms with Gasteiger partial charge in [0.2, 0.25) is 0 Å². The molecule has 0 radical (unpaired) electrons. The van der Waals surface area contributed by atoms with E-state index in [1.165, 1.54) is 5.56 Å². The molecule has 6 heteroatoms. The maximum absolute atomic E-state index is 15.3. The zero-order chi connectivity index (χ0) is 26.5. The fraction of sp³-hybridized carbons (Fsp3) is 0.469. The molecule has 1 saturated heterocycles. The molecule has 2 aromatic carbocycles. The number of imidazole rings is 1. The Morgan fingerprint density at radius 2 is 1.82 bits per heavy atom. The summed E-state index contributed by atoms with van der Waals surface area (Å²) in [5.41, 5.74) is 4.23. The minimum atomic E-state index is -0.399. The Morgan fingerprint density at radius 1 is 1.03 bits per heavy atom. The number of halogens is 2. The molecule has 1 aliphatic carbocycles. The molecule has 1 aliphatic heterocycles. The van der Waals surface area contributed by atoms with Crippen molar-refractivity contribution in [2.45, 2.75) is 76.7 Å². The number of aromatic amines is 1. The van der Waals surface area contributed by atoms with Gasteiger partial charge < -0.3 is 14.6 Å². The minimum absolute atomic E-state index is 0.242. The van der Waals surface area contributed by atoms with Crippen LogP contribution in [0.2, 0.25) is 0 Å². The van der Waals surface area contributed by atoms with Gasteiger partial charge in [0, 0.05) is 29.5 Å². The summed E-state index contributed by atoms with van der Waals surface area (Å²) in [7, 11) is 1.68. The van der Waals surface area contributed by atoms with E-state index in [1.54, 1.807) is 25.6 Å². The van der Waals surface area contributed by atoms with Gasteiger partial charge in [-0.15, -0.1) is 0 Å². The number of aromatic nitrogens is 2. The van der Waals surface area contributed by atoms with Crippen molar-refractivity contribution in [1.82, 2.24) is 9.97 Å². The quantitative estimate of drug-likeness (QED) is 0.307. The number of H-pyrrole nitrogens is 1. The number of anilines is 1. The van der Waals surface area contributed by atoms with Crippen molar-refractivity contribution < 1.29 is 13.5 Å². The lowest BCUT2D eigenvalue weighted by Gasteiger charge is -2.27. The first kappa shape index (κ1) is 26.5. The van der Waals surface area contributed by atoms with E-state index in [2.05, 4.69) is 33.1 Å². The molecule has 2 aliphatic rings. The average Bonchev–Trinajstić information content (AvgIpc) is 3.49. The minimum Gasteiger partial charge on any atom is -0.497 e. The Labute approximate surface area is 225 Å². The molecule has 1 N–H and O–H groups in total. The second kappa shape index (κ2) is 12.1. The zero-order valence-corrected chi connectivity index (χ0v) is 22.6. The highest BCUT2D eigenvalue weighted by Crippen LogP contribution is 2.37. The van der Waals surface area contributed by atoms with Gasteiger partial charge in [0.15, 0.2) is 0 Å². The standard InChI is InChI=1S/C32H39F2N3O/c1-22-32(36-21-35-22)10-4-8-26-9-5-17-37(26)27-19-30(33)29(31(34)20-27)18-23-6-3-7-24(12-11-23)25-13-15-28(38-2)16-14-25/h4,10,13-16,19-21,23-24,26H,3,5-9,11-12,17-18H2,1-2H3,(H,35,36)/b10-4-. The van der Waals surface area contributed by atoms with Gasteiger partial charge in [-0.2, -0.15) is 0 Å². The van der Waals surface area contributed by atoms with Crippen LogP contribution in [0.1, 0.15) is 79.8 Å². The normalized spacial score (nSPS) is 22.2. The van der Waals surface area contributed by atoms with Crippen molar-refractivity contribution in [2.24, 2.45) is 5.92 Å². The molecular formula is C32H39F2N3O. The number of rotatable bonds is 8. The van der Waals surface area contributed by atoms with Crippen molar-refractivity contribution in [3.05, 3.63) is 83.0 Å². The monoisotopic (exact) mass is 519 g/mol. The third-order valence-corrected chi connectivity index (χ3v) is 8.56. The van der Waals surface area contributed by atoms with Gasteiger partial charge in [-0.3, -0.25) is 0 Å². The molecule has 3 atom stereocenters. The first-order valence-corrected chi connectivity index (χ1v) is 14.1. The fourth-order valence-electron chi connectivity index (χ4n) is 6.33. The second-order valence-electron chi connectivity index (χ2n) is 11.0. The van der Waals surface area contributed by atoms with Gasteiger partial charge in [0.1, 0.15) is 17.4 Å². The van der Waals surface area contributed by atoms with Crippen LogP contribution in [0.4, 0.5) is 14.5 Å². The average molecular weight is 520 g/mol. The third kappa shape index (κ3) is 6.11. The first-order valence-electron chi connectivity index (χ1n) is 14.1. The van der Waals surface area contributed by atoms with E-state index in [4.69, 9.17) is 4.74 Å². The van der Waals surface area contributed by atoms with Crippen LogP contribution in [-0.2, 0) is 6.42 Å². The lowest BCUT2D eigenvalue weighted by atomic mass is 9.89. The number of nitrogens with one attached hydrogen (secondary N) is 1. The molecule has 0 spiro atoms. The Kier molecular flexibility index (Phi) is 8.45. The van der Waals surface area contributed by atoms with E-state index < -0.39 is 11.6 Å². The van der Waals surface area contributed by atoms with E-state index in [0.29, 0.717) is 23.9 Å². The van der Waals surface area contributed by atoms with Crippen molar-refractivity contribution in [2.75, 3.05) is 18.6 Å². The molecule has 3 unspecified atom stereocenters. The summed E-state index contributed by atoms with van der Waals surface area (Å²) < 4.78 is 36.0. The lowest BCUT2D eigenvalue weighted by molar-refractivity contribution is 0.414. The Bertz CT molecular complexity index is 1210. The van der Waals surface area contributed by atoms with E-state index in [0.717, 1.165) is 75.0 Å². The van der Waals surface area contributed by atoms with Gasteiger partial charge in [0.25, 0.3) is 0 Å². The molecule has 1 aromatic heterocycles. The van der Waals surface area contributed by atoms with Gasteiger partial charge in [-0.05, 0) is 99.6 Å². The number of aryl methyl sites for hydroxylation is 1. The van der Waals surface area contributed by atoms with Gasteiger partial charge in [-0.1, -0.05) is 31.1 Å². The predicted octanol–water partition coefficient (Wildman–Crippen LogP) is 7.98. The van der Waals surface area contributed by atoms with E-state index >= 15 is 8.78 Å². The summed E-state index contributed by atoms with van der Waals surface area (Å²) in [6.45, 7) is 2.82. The smallest absolute Gasteiger partial charge is 0.131 e. The Hall–Kier alpha value is -3.15. The summed E-state index contributed by atoms with van der Waals surface area (Å²) in [6.07, 6.45) is 14.5. The van der Waals surface area contributed by atoms with Crippen LogP contribution in [-0.4, -0.2) is 29.7 Å². The molecule has 1 saturated carbocycles. The van der Waals surface area contributed by atoms with Crippen LogP contribution in [0.25, 0.3) is 6.08 Å². The molecule has 2 fully saturated rings. The van der Waals surface area contributed by atoms with Gasteiger partial charge in [-0.25, -0.2) is 13.8 Å². The molecule has 202 valence electrons. The molecule has 2 heterocycles. The number of ether oxygens (including phenoxy) is 1. The van der Waals surface area contributed by atoms with E-state index in [-0.39, 0.29) is 11.6 Å². The fourth-order valence-corrected chi connectivity index (χ4v) is 6.33. The molecule has 0 amide bonds. The first-order chi connectivity index (χ1) is 18.5. The second-order valence-corrected chi connectivity index (χ2v) is 11.0. The topological polar surface area (TPSA) is 41.1 Å². The largest absolute Gasteiger partial charge is 0.497 e.